The van der Waals surface area contributed by atoms with Crippen molar-refractivity contribution in [3.05, 3.63) is 71.3 Å². The fourth-order valence-corrected chi connectivity index (χ4v) is 6.05. The molecule has 0 N–H and O–H groups in total. The largest absolute Gasteiger partial charge is 0.312 e. The van der Waals surface area contributed by atoms with E-state index in [0.717, 1.165) is 18.4 Å². The van der Waals surface area contributed by atoms with Crippen LogP contribution in [0.15, 0.2) is 65.0 Å². The smallest absolute Gasteiger partial charge is 0.279 e. The summed E-state index contributed by atoms with van der Waals surface area (Å²) in [6.07, 6.45) is 3.12. The number of amides is 1. The Hall–Kier alpha value is -2.62. The van der Waals surface area contributed by atoms with Gasteiger partial charge in [0.25, 0.3) is 5.91 Å². The minimum atomic E-state index is -3.62. The summed E-state index contributed by atoms with van der Waals surface area (Å²) >= 11 is 1.21. The number of rotatable bonds is 9. The Bertz CT molecular complexity index is 1290. The highest BCUT2D eigenvalue weighted by Gasteiger charge is 2.23. The van der Waals surface area contributed by atoms with Crippen LogP contribution in [0.5, 0.6) is 0 Å². The van der Waals surface area contributed by atoms with Crippen molar-refractivity contribution in [3.63, 3.8) is 0 Å². The number of benzene rings is 2. The standard InChI is InChI=1S/C23H26FN3O3S2/c1-4-13-26(14-5-2)32(29,30)19-10-7-17(8-11-19)22(28)25-23-27(15-6-3)20-12-9-18(24)16-21(20)31-23/h6-12,16H,3-5,13-15H2,1-2H3. The van der Waals surface area contributed by atoms with Crippen LogP contribution < -0.4 is 4.80 Å². The molecule has 1 amide bonds. The molecule has 6 nitrogen and oxygen atoms in total. The molecular formula is C23H26FN3O3S2. The molecule has 0 aliphatic carbocycles. The van der Waals surface area contributed by atoms with Gasteiger partial charge in [0.1, 0.15) is 5.82 Å². The molecule has 1 heterocycles. The van der Waals surface area contributed by atoms with E-state index in [9.17, 15) is 17.6 Å². The Morgan fingerprint density at radius 1 is 1.16 bits per heavy atom. The quantitative estimate of drug-likeness (QED) is 0.425. The lowest BCUT2D eigenvalue weighted by Gasteiger charge is -2.21. The Labute approximate surface area is 191 Å². The summed E-state index contributed by atoms with van der Waals surface area (Å²) in [5.74, 6) is -0.864. The van der Waals surface area contributed by atoms with Crippen molar-refractivity contribution in [1.82, 2.24) is 8.87 Å². The molecule has 2 aromatic carbocycles. The molecule has 0 fully saturated rings. The highest BCUT2D eigenvalue weighted by molar-refractivity contribution is 7.89. The third kappa shape index (κ3) is 5.06. The van der Waals surface area contributed by atoms with Gasteiger partial charge in [0.05, 0.1) is 15.1 Å². The lowest BCUT2D eigenvalue weighted by molar-refractivity contribution is 0.0997. The molecule has 3 rings (SSSR count). The van der Waals surface area contributed by atoms with E-state index in [-0.39, 0.29) is 16.3 Å². The summed E-state index contributed by atoms with van der Waals surface area (Å²) in [6, 6.07) is 10.2. The van der Waals surface area contributed by atoms with Crippen LogP contribution >= 0.6 is 11.3 Å². The summed E-state index contributed by atoms with van der Waals surface area (Å²) in [7, 11) is -3.62. The van der Waals surface area contributed by atoms with Crippen LogP contribution in [0.3, 0.4) is 0 Å². The van der Waals surface area contributed by atoms with E-state index in [1.54, 1.807) is 16.7 Å². The molecule has 0 unspecified atom stereocenters. The van der Waals surface area contributed by atoms with Gasteiger partial charge in [0, 0.05) is 25.2 Å². The summed E-state index contributed by atoms with van der Waals surface area (Å²) in [5, 5.41) is 0. The van der Waals surface area contributed by atoms with E-state index in [0.29, 0.717) is 29.1 Å². The first-order valence-corrected chi connectivity index (χ1v) is 12.7. The molecule has 9 heteroatoms. The predicted molar refractivity (Wildman–Crippen MR) is 126 cm³/mol. The van der Waals surface area contributed by atoms with E-state index >= 15 is 0 Å². The summed E-state index contributed by atoms with van der Waals surface area (Å²) < 4.78 is 43.3. The Morgan fingerprint density at radius 3 is 2.41 bits per heavy atom. The molecule has 32 heavy (non-hydrogen) atoms. The number of allylic oxidation sites excluding steroid dienone is 1. The topological polar surface area (TPSA) is 71.7 Å². The monoisotopic (exact) mass is 475 g/mol. The van der Waals surface area contributed by atoms with Gasteiger partial charge < -0.3 is 4.57 Å². The molecule has 0 aliphatic heterocycles. The molecule has 0 spiro atoms. The van der Waals surface area contributed by atoms with Gasteiger partial charge in [-0.3, -0.25) is 4.79 Å². The second-order valence-electron chi connectivity index (χ2n) is 7.24. The minimum Gasteiger partial charge on any atom is -0.312 e. The number of halogens is 1. The van der Waals surface area contributed by atoms with E-state index in [4.69, 9.17) is 0 Å². The molecule has 0 bridgehead atoms. The first-order valence-electron chi connectivity index (χ1n) is 10.4. The zero-order chi connectivity index (χ0) is 23.3. The van der Waals surface area contributed by atoms with Crippen molar-refractivity contribution in [2.75, 3.05) is 13.1 Å². The second kappa shape index (κ2) is 10.3. The van der Waals surface area contributed by atoms with Crippen molar-refractivity contribution in [3.8, 4) is 0 Å². The molecule has 1 aromatic heterocycles. The van der Waals surface area contributed by atoms with Gasteiger partial charge in [-0.2, -0.15) is 9.30 Å². The summed E-state index contributed by atoms with van der Waals surface area (Å²) in [5.41, 5.74) is 1.03. The van der Waals surface area contributed by atoms with E-state index in [2.05, 4.69) is 11.6 Å². The lowest BCUT2D eigenvalue weighted by atomic mass is 10.2. The highest BCUT2D eigenvalue weighted by atomic mass is 32.2. The van der Waals surface area contributed by atoms with Crippen LogP contribution in [0.25, 0.3) is 10.2 Å². The van der Waals surface area contributed by atoms with Gasteiger partial charge in [-0.05, 0) is 55.3 Å². The number of sulfonamides is 1. The molecule has 3 aromatic rings. The van der Waals surface area contributed by atoms with E-state index in [1.807, 2.05) is 13.8 Å². The number of hydrogen-bond donors (Lipinski definition) is 0. The van der Waals surface area contributed by atoms with Crippen LogP contribution in [0.4, 0.5) is 4.39 Å². The van der Waals surface area contributed by atoms with E-state index in [1.165, 1.54) is 52.0 Å². The first-order chi connectivity index (χ1) is 15.3. The number of fused-ring (bicyclic) bond motifs is 1. The fraction of sp³-hybridized carbons (Fsp3) is 0.304. The Morgan fingerprint density at radius 2 is 1.81 bits per heavy atom. The van der Waals surface area contributed by atoms with Crippen LogP contribution in [0, 0.1) is 5.82 Å². The van der Waals surface area contributed by atoms with Gasteiger partial charge in [-0.1, -0.05) is 31.3 Å². The van der Waals surface area contributed by atoms with E-state index < -0.39 is 15.9 Å². The van der Waals surface area contributed by atoms with Crippen LogP contribution in [-0.4, -0.2) is 36.3 Å². The van der Waals surface area contributed by atoms with Crippen molar-refractivity contribution < 1.29 is 17.6 Å². The Balaban J connectivity index is 1.95. The molecule has 0 atom stereocenters. The maximum absolute atomic E-state index is 13.6. The first kappa shape index (κ1) is 24.0. The predicted octanol–water partition coefficient (Wildman–Crippen LogP) is 4.58. The normalized spacial score (nSPS) is 12.6. The van der Waals surface area contributed by atoms with Crippen molar-refractivity contribution in [2.45, 2.75) is 38.1 Å². The van der Waals surface area contributed by atoms with Crippen LogP contribution in [-0.2, 0) is 16.6 Å². The Kier molecular flexibility index (Phi) is 7.76. The second-order valence-corrected chi connectivity index (χ2v) is 10.2. The summed E-state index contributed by atoms with van der Waals surface area (Å²) in [4.78, 5) is 17.6. The van der Waals surface area contributed by atoms with Crippen molar-refractivity contribution in [1.29, 1.82) is 0 Å². The average molecular weight is 476 g/mol. The molecule has 170 valence electrons. The number of carbonyl (C=O) groups is 1. The maximum atomic E-state index is 13.6. The van der Waals surface area contributed by atoms with Gasteiger partial charge in [-0.25, -0.2) is 12.8 Å². The molecule has 0 saturated heterocycles. The third-order valence-corrected chi connectivity index (χ3v) is 7.79. The third-order valence-electron chi connectivity index (χ3n) is 4.84. The van der Waals surface area contributed by atoms with Crippen molar-refractivity contribution >= 4 is 37.5 Å². The number of thiazole rings is 1. The van der Waals surface area contributed by atoms with Gasteiger partial charge in [0.15, 0.2) is 4.80 Å². The van der Waals surface area contributed by atoms with Crippen LogP contribution in [0.1, 0.15) is 37.0 Å². The highest BCUT2D eigenvalue weighted by Crippen LogP contribution is 2.20. The molecule has 0 aliphatic rings. The fourth-order valence-electron chi connectivity index (χ4n) is 3.36. The zero-order valence-corrected chi connectivity index (χ0v) is 19.8. The number of hydrogen-bond acceptors (Lipinski definition) is 4. The van der Waals surface area contributed by atoms with Crippen molar-refractivity contribution in [2.24, 2.45) is 4.99 Å². The molecule has 0 saturated carbocycles. The molecular weight excluding hydrogens is 449 g/mol. The maximum Gasteiger partial charge on any atom is 0.279 e. The number of carbonyl (C=O) groups excluding carboxylic acids is 1. The average Bonchev–Trinajstić information content (AvgIpc) is 3.09. The minimum absolute atomic E-state index is 0.148. The van der Waals surface area contributed by atoms with Gasteiger partial charge in [0.2, 0.25) is 10.0 Å². The SMILES string of the molecule is C=CCn1c(=NC(=O)c2ccc(S(=O)(=O)N(CCC)CCC)cc2)sc2cc(F)ccc21. The van der Waals surface area contributed by atoms with Gasteiger partial charge >= 0.3 is 0 Å². The molecule has 0 radical (unpaired) electrons. The van der Waals surface area contributed by atoms with Crippen LogP contribution in [0.2, 0.25) is 0 Å². The zero-order valence-electron chi connectivity index (χ0n) is 18.1. The lowest BCUT2D eigenvalue weighted by Crippen LogP contribution is -2.32. The number of aromatic nitrogens is 1. The summed E-state index contributed by atoms with van der Waals surface area (Å²) in [6.45, 7) is 8.91. The number of nitrogens with zero attached hydrogens (tertiary/aromatic N) is 3. The van der Waals surface area contributed by atoms with Gasteiger partial charge in [-0.15, -0.1) is 6.58 Å².